The minimum atomic E-state index is -0.464. The fourth-order valence-corrected chi connectivity index (χ4v) is 2.26. The zero-order valence-corrected chi connectivity index (χ0v) is 11.9. The molecule has 1 atom stereocenters. The molecule has 0 saturated heterocycles. The Morgan fingerprint density at radius 2 is 2.37 bits per heavy atom. The highest BCUT2D eigenvalue weighted by Gasteiger charge is 2.15. The van der Waals surface area contributed by atoms with E-state index in [1.807, 2.05) is 19.2 Å². The molecule has 0 aliphatic carbocycles. The average Bonchev–Trinajstić information content (AvgIpc) is 3.04. The van der Waals surface area contributed by atoms with Gasteiger partial charge in [-0.2, -0.15) is 0 Å². The van der Waals surface area contributed by atoms with Crippen molar-refractivity contribution in [2.24, 2.45) is 0 Å². The van der Waals surface area contributed by atoms with Crippen LogP contribution >= 0.6 is 11.3 Å². The normalized spacial score (nSPS) is 12.4. The van der Waals surface area contributed by atoms with Crippen molar-refractivity contribution in [3.8, 4) is 0 Å². The molecule has 5 nitrogen and oxygen atoms in total. The summed E-state index contributed by atoms with van der Waals surface area (Å²) in [6.07, 6.45) is 0. The van der Waals surface area contributed by atoms with E-state index in [0.717, 1.165) is 10.7 Å². The van der Waals surface area contributed by atoms with Crippen LogP contribution in [-0.2, 0) is 11.3 Å². The molecule has 0 bridgehead atoms. The van der Waals surface area contributed by atoms with Crippen LogP contribution < -0.4 is 5.32 Å². The maximum absolute atomic E-state index is 11.3. The predicted octanol–water partition coefficient (Wildman–Crippen LogP) is 2.68. The van der Waals surface area contributed by atoms with Crippen molar-refractivity contribution in [2.75, 3.05) is 7.11 Å². The lowest BCUT2D eigenvalue weighted by Crippen LogP contribution is -2.17. The van der Waals surface area contributed by atoms with Gasteiger partial charge in [0.05, 0.1) is 23.9 Å². The molecule has 19 heavy (non-hydrogen) atoms. The topological polar surface area (TPSA) is 64.4 Å². The number of ether oxygens (including phenoxy) is 1. The summed E-state index contributed by atoms with van der Waals surface area (Å²) in [7, 11) is 1.33. The van der Waals surface area contributed by atoms with Crippen molar-refractivity contribution in [1.82, 2.24) is 10.3 Å². The Morgan fingerprint density at radius 3 is 3.00 bits per heavy atom. The SMILES string of the molecule is COC(=O)c1ccc(C(C)NCc2csc(C)n2)o1. The largest absolute Gasteiger partial charge is 0.463 e. The number of hydrogen-bond donors (Lipinski definition) is 1. The molecule has 0 fully saturated rings. The maximum atomic E-state index is 11.3. The van der Waals surface area contributed by atoms with Crippen LogP contribution in [-0.4, -0.2) is 18.1 Å². The van der Waals surface area contributed by atoms with Gasteiger partial charge in [0, 0.05) is 11.9 Å². The fourth-order valence-electron chi connectivity index (χ4n) is 1.64. The molecule has 102 valence electrons. The van der Waals surface area contributed by atoms with Crippen molar-refractivity contribution in [2.45, 2.75) is 26.4 Å². The van der Waals surface area contributed by atoms with Gasteiger partial charge in [-0.05, 0) is 26.0 Å². The van der Waals surface area contributed by atoms with E-state index in [0.29, 0.717) is 12.3 Å². The van der Waals surface area contributed by atoms with E-state index in [-0.39, 0.29) is 11.8 Å². The lowest BCUT2D eigenvalue weighted by atomic mass is 10.2. The first kappa shape index (κ1) is 13.8. The summed E-state index contributed by atoms with van der Waals surface area (Å²) in [5.74, 6) is 0.455. The Morgan fingerprint density at radius 1 is 1.58 bits per heavy atom. The quantitative estimate of drug-likeness (QED) is 0.853. The zero-order valence-electron chi connectivity index (χ0n) is 11.1. The van der Waals surface area contributed by atoms with Gasteiger partial charge in [-0.1, -0.05) is 0 Å². The fraction of sp³-hybridized carbons (Fsp3) is 0.385. The lowest BCUT2D eigenvalue weighted by molar-refractivity contribution is 0.0562. The first-order valence-electron chi connectivity index (χ1n) is 5.92. The van der Waals surface area contributed by atoms with Crippen LogP contribution in [0.15, 0.2) is 21.9 Å². The Balaban J connectivity index is 1.94. The van der Waals surface area contributed by atoms with Crippen molar-refractivity contribution in [1.29, 1.82) is 0 Å². The van der Waals surface area contributed by atoms with Gasteiger partial charge < -0.3 is 14.5 Å². The molecule has 6 heteroatoms. The summed E-state index contributed by atoms with van der Waals surface area (Å²) in [6, 6.07) is 3.39. The minimum absolute atomic E-state index is 0.000382. The number of aromatic nitrogens is 1. The van der Waals surface area contributed by atoms with E-state index in [1.54, 1.807) is 23.5 Å². The van der Waals surface area contributed by atoms with Gasteiger partial charge >= 0.3 is 5.97 Å². The third-order valence-electron chi connectivity index (χ3n) is 2.70. The molecule has 2 aromatic rings. The van der Waals surface area contributed by atoms with E-state index in [9.17, 15) is 4.79 Å². The van der Waals surface area contributed by atoms with Crippen LogP contribution in [0.1, 0.15) is 40.0 Å². The first-order chi connectivity index (χ1) is 9.10. The zero-order chi connectivity index (χ0) is 13.8. The molecule has 1 N–H and O–H groups in total. The second kappa shape index (κ2) is 5.99. The van der Waals surface area contributed by atoms with Crippen LogP contribution in [0.5, 0.6) is 0 Å². The summed E-state index contributed by atoms with van der Waals surface area (Å²) in [5, 5.41) is 6.37. The van der Waals surface area contributed by atoms with E-state index < -0.39 is 5.97 Å². The highest BCUT2D eigenvalue weighted by Crippen LogP contribution is 2.17. The molecule has 0 aromatic carbocycles. The number of aryl methyl sites for hydroxylation is 1. The number of thiazole rings is 1. The Kier molecular flexibility index (Phi) is 4.34. The maximum Gasteiger partial charge on any atom is 0.373 e. The third kappa shape index (κ3) is 3.42. The molecule has 2 heterocycles. The number of carbonyl (C=O) groups is 1. The van der Waals surface area contributed by atoms with Crippen LogP contribution in [0.4, 0.5) is 0 Å². The van der Waals surface area contributed by atoms with Gasteiger partial charge in [0.2, 0.25) is 5.76 Å². The lowest BCUT2D eigenvalue weighted by Gasteiger charge is -2.09. The van der Waals surface area contributed by atoms with Crippen LogP contribution in [0.3, 0.4) is 0 Å². The first-order valence-corrected chi connectivity index (χ1v) is 6.80. The monoisotopic (exact) mass is 280 g/mol. The smallest absolute Gasteiger partial charge is 0.373 e. The van der Waals surface area contributed by atoms with Crippen molar-refractivity contribution in [3.05, 3.63) is 39.7 Å². The highest BCUT2D eigenvalue weighted by molar-refractivity contribution is 7.09. The summed E-state index contributed by atoms with van der Waals surface area (Å²) in [6.45, 7) is 4.62. The number of rotatable bonds is 5. The molecule has 0 amide bonds. The predicted molar refractivity (Wildman–Crippen MR) is 72.2 cm³/mol. The van der Waals surface area contributed by atoms with Crippen LogP contribution in [0.2, 0.25) is 0 Å². The number of carbonyl (C=O) groups excluding carboxylic acids is 1. The number of hydrogen-bond acceptors (Lipinski definition) is 6. The van der Waals surface area contributed by atoms with Gasteiger partial charge in [-0.15, -0.1) is 11.3 Å². The average molecular weight is 280 g/mol. The Labute approximate surface area is 115 Å². The van der Waals surface area contributed by atoms with Gasteiger partial charge in [0.15, 0.2) is 0 Å². The van der Waals surface area contributed by atoms with E-state index in [1.165, 1.54) is 7.11 Å². The Bertz CT molecular complexity index is 562. The van der Waals surface area contributed by atoms with E-state index in [4.69, 9.17) is 4.42 Å². The number of methoxy groups -OCH3 is 1. The molecule has 0 aliphatic rings. The second-order valence-corrected chi connectivity index (χ2v) is 5.22. The number of esters is 1. The van der Waals surface area contributed by atoms with Crippen LogP contribution in [0, 0.1) is 6.92 Å². The van der Waals surface area contributed by atoms with Gasteiger partial charge in [0.25, 0.3) is 0 Å². The molecule has 0 radical (unpaired) electrons. The molecule has 2 rings (SSSR count). The molecule has 1 unspecified atom stereocenters. The summed E-state index contributed by atoms with van der Waals surface area (Å²) >= 11 is 1.63. The molecule has 2 aromatic heterocycles. The van der Waals surface area contributed by atoms with Crippen molar-refractivity contribution in [3.63, 3.8) is 0 Å². The Hall–Kier alpha value is -1.66. The summed E-state index contributed by atoms with van der Waals surface area (Å²) in [5.41, 5.74) is 1.01. The van der Waals surface area contributed by atoms with Crippen molar-refractivity contribution >= 4 is 17.3 Å². The number of nitrogens with one attached hydrogen (secondary N) is 1. The van der Waals surface area contributed by atoms with Gasteiger partial charge in [-0.25, -0.2) is 9.78 Å². The standard InChI is InChI=1S/C13H16N2O3S/c1-8(14-6-10-7-19-9(2)15-10)11-4-5-12(18-11)13(16)17-3/h4-5,7-8,14H,6H2,1-3H3. The molecule has 0 aliphatic heterocycles. The highest BCUT2D eigenvalue weighted by atomic mass is 32.1. The molecular weight excluding hydrogens is 264 g/mol. The number of nitrogens with zero attached hydrogens (tertiary/aromatic N) is 1. The minimum Gasteiger partial charge on any atom is -0.463 e. The van der Waals surface area contributed by atoms with Crippen LogP contribution in [0.25, 0.3) is 0 Å². The van der Waals surface area contributed by atoms with E-state index >= 15 is 0 Å². The van der Waals surface area contributed by atoms with Gasteiger partial charge in [-0.3, -0.25) is 0 Å². The van der Waals surface area contributed by atoms with Gasteiger partial charge in [0.1, 0.15) is 5.76 Å². The third-order valence-corrected chi connectivity index (χ3v) is 3.52. The molecular formula is C13H16N2O3S. The van der Waals surface area contributed by atoms with Crippen molar-refractivity contribution < 1.29 is 13.9 Å². The summed E-state index contributed by atoms with van der Waals surface area (Å²) < 4.78 is 10.0. The van der Waals surface area contributed by atoms with E-state index in [2.05, 4.69) is 15.0 Å². The molecule has 0 saturated carbocycles. The summed E-state index contributed by atoms with van der Waals surface area (Å²) in [4.78, 5) is 15.7. The second-order valence-electron chi connectivity index (χ2n) is 4.15. The number of furan rings is 1. The molecule has 0 spiro atoms.